The number of amides is 5. The molecule has 15 aromatic heterocycles. The number of piperazine rings is 1. The Morgan fingerprint density at radius 3 is 0.938 bits per heavy atom. The monoisotopic (exact) mass is 2000 g/mol. The summed E-state index contributed by atoms with van der Waals surface area (Å²) in [5, 5.41) is 12.6. The highest BCUT2D eigenvalue weighted by Crippen LogP contribution is 2.34. The van der Waals surface area contributed by atoms with Gasteiger partial charge in [-0.2, -0.15) is 0 Å². The van der Waals surface area contributed by atoms with E-state index in [0.717, 1.165) is 168 Å². The van der Waals surface area contributed by atoms with Crippen LogP contribution in [0.5, 0.6) is 0 Å². The summed E-state index contributed by atoms with van der Waals surface area (Å²) in [6, 6.07) is 48.9. The Balaban J connectivity index is 0.000000108. The molecule has 5 aromatic carbocycles. The van der Waals surface area contributed by atoms with Gasteiger partial charge in [0, 0.05) is 176 Å². The Hall–Kier alpha value is -16.0. The van der Waals surface area contributed by atoms with Crippen LogP contribution in [0.1, 0.15) is 108 Å². The van der Waals surface area contributed by atoms with E-state index in [-0.39, 0.29) is 53.2 Å². The minimum atomic E-state index is -2.99. The van der Waals surface area contributed by atoms with E-state index >= 15 is 0 Å². The molecule has 2 N–H and O–H groups in total. The summed E-state index contributed by atoms with van der Waals surface area (Å²) < 4.78 is 88.1. The summed E-state index contributed by atoms with van der Waals surface area (Å²) in [7, 11) is -5.96. The third-order valence-electron chi connectivity index (χ3n) is 26.7. The number of nitrogens with one attached hydrogen (secondary N) is 1. The molecule has 1 atom stereocenters. The van der Waals surface area contributed by atoms with Crippen molar-refractivity contribution in [3.63, 3.8) is 0 Å². The average Bonchev–Trinajstić information content (AvgIpc) is 1.60. The number of aliphatic hydroxyl groups excluding tert-OH is 1. The fourth-order valence-electron chi connectivity index (χ4n) is 18.8. The Morgan fingerprint density at radius 2 is 0.637 bits per heavy atom. The predicted molar refractivity (Wildman–Crippen MR) is 547 cm³/mol. The normalized spacial score (nSPS) is 15.6. The van der Waals surface area contributed by atoms with E-state index in [0.29, 0.717) is 147 Å². The number of benzene rings is 5. The number of oxazole rings is 5. The maximum absolute atomic E-state index is 13.3. The average molecular weight is 2010 g/mol. The number of pyridine rings is 5. The number of aryl methyl sites for hydroxylation is 5. The zero-order chi connectivity index (χ0) is 101. The second-order valence-corrected chi connectivity index (χ2v) is 42.0. The molecule has 5 aliphatic heterocycles. The van der Waals surface area contributed by atoms with E-state index in [2.05, 4.69) is 65.0 Å². The van der Waals surface area contributed by atoms with Gasteiger partial charge < -0.3 is 61.7 Å². The Kier molecular flexibility index (Phi) is 26.3. The number of hydrogen-bond donors (Lipinski definition) is 2. The van der Waals surface area contributed by atoms with E-state index in [1.165, 1.54) is 12.5 Å². The zero-order valence-corrected chi connectivity index (χ0v) is 83.0. The molecule has 0 bridgehead atoms. The van der Waals surface area contributed by atoms with Crippen LogP contribution >= 0.6 is 0 Å². The number of aromatic nitrogens is 15. The molecule has 0 radical (unpaired) electrons. The van der Waals surface area contributed by atoms with Crippen LogP contribution in [0.25, 0.3) is 139 Å². The van der Waals surface area contributed by atoms with Gasteiger partial charge in [0.05, 0.1) is 61.3 Å². The second-order valence-electron chi connectivity index (χ2n) is 37.4. The number of carbonyl (C=O) groups excluding carboxylic acids is 5. The number of sulfone groups is 2. The van der Waals surface area contributed by atoms with Crippen molar-refractivity contribution < 1.29 is 72.7 Å². The summed E-state index contributed by atoms with van der Waals surface area (Å²) in [6.45, 7) is 20.2. The van der Waals surface area contributed by atoms with Crippen molar-refractivity contribution in [1.82, 2.24) is 107 Å². The lowest BCUT2D eigenvalue weighted by Crippen LogP contribution is -2.53. The molecule has 5 saturated heterocycles. The lowest BCUT2D eigenvalue weighted by Gasteiger charge is -2.35. The molecule has 0 saturated carbocycles. The molecule has 38 nitrogen and oxygen atoms in total. The fraction of sp³-hybridized carbons (Fsp3) is 0.292. The predicted octanol–water partition coefficient (Wildman–Crippen LogP) is 13.8. The molecule has 0 aliphatic carbocycles. The first-order valence-corrected chi connectivity index (χ1v) is 52.3. The number of aliphatic hydroxyl groups is 1. The smallest absolute Gasteiger partial charge is 0.272 e. The molecule has 5 aliphatic rings. The van der Waals surface area contributed by atoms with Crippen LogP contribution in [0.2, 0.25) is 0 Å². The van der Waals surface area contributed by atoms with Crippen molar-refractivity contribution in [2.45, 2.75) is 79.1 Å². The summed E-state index contributed by atoms with van der Waals surface area (Å²) in [5.74, 6) is 3.12. The Labute approximate surface area is 835 Å². The molecule has 20 aromatic rings. The lowest BCUT2D eigenvalue weighted by atomic mass is 10.0. The number of carbonyl (C=O) groups is 5. The largest absolute Gasteiger partial charge is 0.441 e. The highest BCUT2D eigenvalue weighted by Gasteiger charge is 2.34. The standard InChI is InChI=1S/C24H27N5O4S.C23H25N5O4S.C21H20N4O3.C19H16N4O3.C19H16N4O2/c1-16-26-20-13-17(3-5-22(20)33-16)18-4-6-23-25-14-21(29(23)15-18)24(30)27-19-7-9-28(10-8-19)11-12-34(2,31)32;1-16-25-19-13-17(3-5-21(19)32-16)18-4-6-22-24-14-20(28(22)15-18)23(29)27-9-7-26(8-10-27)11-12-33(2,30)31;1-13-11-24(7-8-27-13)21(26)18-10-22-20-6-4-16(12-25(18)20)15-3-5-19-17(9-15)23-14(2)28-19;1-11-21-15-6-12(2-4-17(15)26-11)13-3-5-18-20-7-16(23(18)8-13)19(25)22-9-14(24)10-22;1-12-21-15-9-13(3-5-17(15)25-12)14-4-6-18-20-10-16(23(18)11-14)19(24)22-7-2-8-22/h3-6,13-15,19H,7-12H2,1-2H3,(H,27,30);3-6,13-15H,7-12H2,1-2H3;3-6,9-10,12-13H,7-8,11H2,1-2H3;2-8,14,24H,9-10H2,1H3;3-6,9-11H,2,7-8H2,1H3. The maximum atomic E-state index is 13.3. The topological polar surface area (TPSA) is 431 Å². The van der Waals surface area contributed by atoms with E-state index < -0.39 is 25.8 Å². The molecular weight excluding hydrogens is 1900 g/mol. The highest BCUT2D eigenvalue weighted by atomic mass is 32.2. The van der Waals surface area contributed by atoms with E-state index in [4.69, 9.17) is 26.8 Å². The first-order chi connectivity index (χ1) is 70.4. The van der Waals surface area contributed by atoms with Gasteiger partial charge in [-0.05, 0) is 203 Å². The van der Waals surface area contributed by atoms with E-state index in [1.54, 1.807) is 45.2 Å². The van der Waals surface area contributed by atoms with Crippen LogP contribution in [-0.4, -0.2) is 293 Å². The summed E-state index contributed by atoms with van der Waals surface area (Å²) in [4.78, 5) is 120. The van der Waals surface area contributed by atoms with Gasteiger partial charge in [-0.25, -0.2) is 66.7 Å². The summed E-state index contributed by atoms with van der Waals surface area (Å²) in [5.41, 5.74) is 23.9. The summed E-state index contributed by atoms with van der Waals surface area (Å²) in [6.07, 6.45) is 22.5. The first-order valence-electron chi connectivity index (χ1n) is 48.2. The van der Waals surface area contributed by atoms with Crippen molar-refractivity contribution in [3.8, 4) is 55.6 Å². The number of imidazole rings is 5. The molecular formula is C106H104N22O16S2. The third kappa shape index (κ3) is 20.8. The number of fused-ring (bicyclic) bond motifs is 10. The number of piperidine rings is 1. The Bertz CT molecular complexity index is 8700. The van der Waals surface area contributed by atoms with Crippen LogP contribution in [0, 0.1) is 34.6 Å². The molecule has 25 rings (SSSR count). The van der Waals surface area contributed by atoms with Crippen molar-refractivity contribution >= 4 is 133 Å². The van der Waals surface area contributed by atoms with Gasteiger partial charge in [0.1, 0.15) is 104 Å². The summed E-state index contributed by atoms with van der Waals surface area (Å²) >= 11 is 0. The Morgan fingerprint density at radius 1 is 0.349 bits per heavy atom. The highest BCUT2D eigenvalue weighted by molar-refractivity contribution is 7.90. The fourth-order valence-corrected chi connectivity index (χ4v) is 20.0. The van der Waals surface area contributed by atoms with Gasteiger partial charge in [-0.3, -0.25) is 50.9 Å². The van der Waals surface area contributed by atoms with Gasteiger partial charge in [0.25, 0.3) is 29.5 Å². The number of ether oxygens (including phenoxy) is 1. The van der Waals surface area contributed by atoms with Gasteiger partial charge in [-0.15, -0.1) is 0 Å². The molecule has 5 fully saturated rings. The number of hydrogen-bond acceptors (Lipinski definition) is 28. The molecule has 40 heteroatoms. The maximum Gasteiger partial charge on any atom is 0.272 e. The number of nitrogens with zero attached hydrogens (tertiary/aromatic N) is 21. The molecule has 20 heterocycles. The van der Waals surface area contributed by atoms with Crippen LogP contribution < -0.4 is 5.32 Å². The molecule has 746 valence electrons. The molecule has 1 unspecified atom stereocenters. The SMILES string of the molecule is Cc1nc2cc(-c3ccc4ncc(C(=O)N5CC(O)C5)n4c3)ccc2o1.Cc1nc2cc(-c3ccc4ncc(C(=O)N5CCC5)n4c3)ccc2o1.Cc1nc2cc(-c3ccc4ncc(C(=O)N5CCN(CCS(C)(=O)=O)CC5)n4c3)ccc2o1.Cc1nc2cc(-c3ccc4ncc(C(=O)N5CCOC(C)C5)n4c3)ccc2o1.Cc1nc2cc(-c3ccc4ncc(C(=O)NC5CCN(CCS(C)(=O)=O)CC5)n4c3)ccc2o1. The third-order valence-corrected chi connectivity index (χ3v) is 28.6. The van der Waals surface area contributed by atoms with Crippen molar-refractivity contribution in [3.05, 3.63) is 272 Å². The molecule has 0 spiro atoms. The lowest BCUT2D eigenvalue weighted by molar-refractivity contribution is -0.0126. The number of likely N-dealkylation sites (tertiary alicyclic amines) is 3. The van der Waals surface area contributed by atoms with Gasteiger partial charge in [-0.1, -0.05) is 30.3 Å². The minimum Gasteiger partial charge on any atom is -0.441 e. The van der Waals surface area contributed by atoms with Crippen molar-refractivity contribution in [2.24, 2.45) is 0 Å². The minimum absolute atomic E-state index is 0.0256. The zero-order valence-electron chi connectivity index (χ0n) is 81.4. The number of β-amino-alcohol motifs (C(OH)–C–C–N with tert-alkyl or cyclic N) is 1. The van der Waals surface area contributed by atoms with Crippen molar-refractivity contribution in [2.75, 3.05) is 122 Å². The van der Waals surface area contributed by atoms with Crippen LogP contribution in [0.15, 0.2) is 236 Å². The van der Waals surface area contributed by atoms with Gasteiger partial charge in [0.15, 0.2) is 57.4 Å². The van der Waals surface area contributed by atoms with Crippen LogP contribution in [0.3, 0.4) is 0 Å². The molecule has 146 heavy (non-hydrogen) atoms. The first kappa shape index (κ1) is 96.1. The second kappa shape index (κ2) is 39.9. The van der Waals surface area contributed by atoms with Crippen molar-refractivity contribution in [1.29, 1.82) is 0 Å². The number of morpholine rings is 1. The molecule has 5 amide bonds. The quantitative estimate of drug-likeness (QED) is 0.0855. The number of rotatable bonds is 17. The van der Waals surface area contributed by atoms with Gasteiger partial charge in [0.2, 0.25) is 0 Å². The van der Waals surface area contributed by atoms with E-state index in [9.17, 15) is 45.9 Å². The van der Waals surface area contributed by atoms with E-state index in [1.807, 2.05) is 252 Å². The van der Waals surface area contributed by atoms with Crippen LogP contribution in [0.4, 0.5) is 0 Å². The van der Waals surface area contributed by atoms with Gasteiger partial charge >= 0.3 is 0 Å². The van der Waals surface area contributed by atoms with Crippen LogP contribution in [-0.2, 0) is 24.4 Å².